The molecule has 0 amide bonds. The normalized spacial score (nSPS) is 10.6. The smallest absolute Gasteiger partial charge is 0.0738 e. The van der Waals surface area contributed by atoms with Crippen molar-refractivity contribution in [2.45, 2.75) is 26.4 Å². The maximum atomic E-state index is 5.79. The Balaban J connectivity index is 2.05. The summed E-state index contributed by atoms with van der Waals surface area (Å²) in [4.78, 5) is 0. The van der Waals surface area contributed by atoms with Gasteiger partial charge in [-0.25, -0.2) is 0 Å². The molecular weight excluding hydrogens is 202 g/mol. The molecule has 0 aromatic heterocycles. The van der Waals surface area contributed by atoms with E-state index in [0.717, 1.165) is 24.3 Å². The van der Waals surface area contributed by atoms with Crippen LogP contribution in [0.25, 0.3) is 0 Å². The van der Waals surface area contributed by atoms with E-state index in [2.05, 4.69) is 6.92 Å². The zero-order valence-electron chi connectivity index (χ0n) is 9.95. The van der Waals surface area contributed by atoms with Crippen molar-refractivity contribution in [3.05, 3.63) is 29.8 Å². The van der Waals surface area contributed by atoms with Crippen molar-refractivity contribution < 1.29 is 9.47 Å². The second kappa shape index (κ2) is 8.13. The van der Waals surface area contributed by atoms with E-state index in [4.69, 9.17) is 15.2 Å². The van der Waals surface area contributed by atoms with Crippen molar-refractivity contribution in [1.82, 2.24) is 0 Å². The predicted molar refractivity (Wildman–Crippen MR) is 66.2 cm³/mol. The number of nitrogens with two attached hydrogens (primary N) is 1. The van der Waals surface area contributed by atoms with E-state index in [-0.39, 0.29) is 0 Å². The molecule has 0 saturated carbocycles. The van der Waals surface area contributed by atoms with Gasteiger partial charge in [-0.1, -0.05) is 31.5 Å². The summed E-state index contributed by atoms with van der Waals surface area (Å²) in [7, 11) is 0. The van der Waals surface area contributed by atoms with Crippen LogP contribution in [0.1, 0.15) is 25.3 Å². The second-order valence-corrected chi connectivity index (χ2v) is 3.72. The molecule has 0 fully saturated rings. The fourth-order valence-electron chi connectivity index (χ4n) is 1.31. The molecule has 0 aliphatic rings. The van der Waals surface area contributed by atoms with Crippen LogP contribution in [0, 0.1) is 0 Å². The van der Waals surface area contributed by atoms with Crippen molar-refractivity contribution >= 4 is 5.69 Å². The monoisotopic (exact) mass is 223 g/mol. The third-order valence-corrected chi connectivity index (χ3v) is 2.33. The van der Waals surface area contributed by atoms with Gasteiger partial charge in [0.25, 0.3) is 0 Å². The molecule has 1 rings (SSSR count). The van der Waals surface area contributed by atoms with E-state index in [1.165, 1.54) is 6.42 Å². The van der Waals surface area contributed by atoms with Gasteiger partial charge in [-0.05, 0) is 12.5 Å². The first kappa shape index (κ1) is 13.0. The quantitative estimate of drug-likeness (QED) is 0.544. The van der Waals surface area contributed by atoms with E-state index in [1.807, 2.05) is 24.3 Å². The zero-order valence-corrected chi connectivity index (χ0v) is 9.95. The lowest BCUT2D eigenvalue weighted by molar-refractivity contribution is 0.0398. The number of anilines is 1. The van der Waals surface area contributed by atoms with E-state index < -0.39 is 0 Å². The zero-order chi connectivity index (χ0) is 11.6. The van der Waals surface area contributed by atoms with Gasteiger partial charge >= 0.3 is 0 Å². The van der Waals surface area contributed by atoms with Gasteiger partial charge in [0.2, 0.25) is 0 Å². The van der Waals surface area contributed by atoms with Crippen LogP contribution in [-0.4, -0.2) is 19.8 Å². The largest absolute Gasteiger partial charge is 0.398 e. The Morgan fingerprint density at radius 3 is 2.56 bits per heavy atom. The van der Waals surface area contributed by atoms with Crippen LogP contribution in [0.3, 0.4) is 0 Å². The van der Waals surface area contributed by atoms with Crippen LogP contribution in [0.4, 0.5) is 5.69 Å². The molecule has 16 heavy (non-hydrogen) atoms. The Bertz CT molecular complexity index is 289. The number of unbranched alkanes of at least 4 members (excludes halogenated alkanes) is 1. The van der Waals surface area contributed by atoms with Gasteiger partial charge in [0.15, 0.2) is 0 Å². The molecule has 0 saturated heterocycles. The van der Waals surface area contributed by atoms with Crippen molar-refractivity contribution in [1.29, 1.82) is 0 Å². The highest BCUT2D eigenvalue weighted by Gasteiger charge is 1.97. The molecular formula is C13H21NO2. The number of hydrogen-bond acceptors (Lipinski definition) is 3. The molecule has 90 valence electrons. The van der Waals surface area contributed by atoms with Crippen molar-refractivity contribution in [2.75, 3.05) is 25.6 Å². The molecule has 1 aromatic carbocycles. The number of hydrogen-bond donors (Lipinski definition) is 1. The minimum Gasteiger partial charge on any atom is -0.398 e. The molecule has 2 N–H and O–H groups in total. The summed E-state index contributed by atoms with van der Waals surface area (Å²) >= 11 is 0. The Morgan fingerprint density at radius 1 is 1.06 bits per heavy atom. The highest BCUT2D eigenvalue weighted by atomic mass is 16.5. The molecule has 0 bridgehead atoms. The molecule has 0 radical (unpaired) electrons. The van der Waals surface area contributed by atoms with Crippen LogP contribution < -0.4 is 5.73 Å². The molecule has 0 unspecified atom stereocenters. The number of nitrogen functional groups attached to an aromatic ring is 1. The van der Waals surface area contributed by atoms with Crippen LogP contribution >= 0.6 is 0 Å². The average Bonchev–Trinajstić information content (AvgIpc) is 2.30. The fourth-order valence-corrected chi connectivity index (χ4v) is 1.31. The van der Waals surface area contributed by atoms with Gasteiger partial charge in [-0.2, -0.15) is 0 Å². The fraction of sp³-hybridized carbons (Fsp3) is 0.538. The average molecular weight is 223 g/mol. The van der Waals surface area contributed by atoms with Crippen molar-refractivity contribution in [3.63, 3.8) is 0 Å². The second-order valence-electron chi connectivity index (χ2n) is 3.72. The molecule has 0 heterocycles. The summed E-state index contributed by atoms with van der Waals surface area (Å²) in [6, 6.07) is 7.75. The first-order valence-corrected chi connectivity index (χ1v) is 5.83. The molecule has 0 aliphatic carbocycles. The van der Waals surface area contributed by atoms with Crippen LogP contribution in [0.2, 0.25) is 0 Å². The Morgan fingerprint density at radius 2 is 1.81 bits per heavy atom. The highest BCUT2D eigenvalue weighted by molar-refractivity contribution is 5.45. The van der Waals surface area contributed by atoms with Crippen molar-refractivity contribution in [3.8, 4) is 0 Å². The summed E-state index contributed by atoms with van der Waals surface area (Å²) in [6.45, 7) is 4.82. The van der Waals surface area contributed by atoms with Crippen LogP contribution in [-0.2, 0) is 16.1 Å². The van der Waals surface area contributed by atoms with Crippen LogP contribution in [0.15, 0.2) is 24.3 Å². The van der Waals surface area contributed by atoms with Gasteiger partial charge in [0.05, 0.1) is 19.8 Å². The van der Waals surface area contributed by atoms with Crippen LogP contribution in [0.5, 0.6) is 0 Å². The lowest BCUT2D eigenvalue weighted by Crippen LogP contribution is -2.06. The minimum absolute atomic E-state index is 0.559. The molecule has 3 nitrogen and oxygen atoms in total. The number of benzene rings is 1. The first-order valence-electron chi connectivity index (χ1n) is 5.83. The van der Waals surface area contributed by atoms with Gasteiger partial charge in [0.1, 0.15) is 0 Å². The third kappa shape index (κ3) is 5.14. The van der Waals surface area contributed by atoms with E-state index in [9.17, 15) is 0 Å². The molecule has 1 aromatic rings. The highest BCUT2D eigenvalue weighted by Crippen LogP contribution is 2.11. The van der Waals surface area contributed by atoms with Crippen molar-refractivity contribution in [2.24, 2.45) is 0 Å². The molecule has 0 atom stereocenters. The maximum Gasteiger partial charge on any atom is 0.0738 e. The summed E-state index contributed by atoms with van der Waals surface area (Å²) in [5.41, 5.74) is 7.61. The SMILES string of the molecule is CCCCOCCOCc1ccccc1N. The van der Waals surface area contributed by atoms with E-state index in [0.29, 0.717) is 19.8 Å². The molecule has 0 aliphatic heterocycles. The summed E-state index contributed by atoms with van der Waals surface area (Å²) in [5.74, 6) is 0. The third-order valence-electron chi connectivity index (χ3n) is 2.33. The summed E-state index contributed by atoms with van der Waals surface area (Å²) in [5, 5.41) is 0. The maximum absolute atomic E-state index is 5.79. The predicted octanol–water partition coefficient (Wildman–Crippen LogP) is 2.60. The van der Waals surface area contributed by atoms with Gasteiger partial charge in [0, 0.05) is 17.9 Å². The van der Waals surface area contributed by atoms with E-state index in [1.54, 1.807) is 0 Å². The standard InChI is InChI=1S/C13H21NO2/c1-2-3-8-15-9-10-16-11-12-6-4-5-7-13(12)14/h4-7H,2-3,8-11,14H2,1H3. The first-order chi connectivity index (χ1) is 7.84. The lowest BCUT2D eigenvalue weighted by atomic mass is 10.2. The lowest BCUT2D eigenvalue weighted by Gasteiger charge is -2.07. The number of ether oxygens (including phenoxy) is 2. The van der Waals surface area contributed by atoms with Gasteiger partial charge in [-0.3, -0.25) is 0 Å². The number of para-hydroxylation sites is 1. The summed E-state index contributed by atoms with van der Waals surface area (Å²) < 4.78 is 10.9. The Kier molecular flexibility index (Phi) is 6.61. The van der Waals surface area contributed by atoms with Gasteiger partial charge < -0.3 is 15.2 Å². The number of rotatable bonds is 8. The summed E-state index contributed by atoms with van der Waals surface area (Å²) in [6.07, 6.45) is 2.28. The molecule has 0 spiro atoms. The Hall–Kier alpha value is -1.06. The molecule has 3 heteroatoms. The minimum atomic E-state index is 0.559. The van der Waals surface area contributed by atoms with Gasteiger partial charge in [-0.15, -0.1) is 0 Å². The van der Waals surface area contributed by atoms with E-state index >= 15 is 0 Å². The Labute approximate surface area is 97.6 Å². The topological polar surface area (TPSA) is 44.5 Å².